The smallest absolute Gasteiger partial charge is 0.225 e. The Hall–Kier alpha value is -2.96. The fraction of sp³-hybridized carbons (Fsp3) is 0.316. The van der Waals surface area contributed by atoms with E-state index < -0.39 is 5.82 Å². The number of hydrogen-bond donors (Lipinski definition) is 1. The minimum Gasteiger partial charge on any atom is -0.489 e. The number of hydrogen-bond acceptors (Lipinski definition) is 4. The number of amides is 2. The van der Waals surface area contributed by atoms with Crippen LogP contribution in [-0.2, 0) is 16.1 Å². The number of likely N-dealkylation sites (tertiary alicyclic amines) is 1. The van der Waals surface area contributed by atoms with Gasteiger partial charge in [-0.2, -0.15) is 0 Å². The predicted octanol–water partition coefficient (Wildman–Crippen LogP) is 1.76. The Labute approximate surface area is 151 Å². The Morgan fingerprint density at radius 1 is 1.31 bits per heavy atom. The summed E-state index contributed by atoms with van der Waals surface area (Å²) in [5.74, 6) is -0.903. The van der Waals surface area contributed by atoms with Crippen molar-refractivity contribution in [3.63, 3.8) is 0 Å². The zero-order chi connectivity index (χ0) is 18.4. The van der Waals surface area contributed by atoms with Crippen LogP contribution in [0.2, 0.25) is 0 Å². The van der Waals surface area contributed by atoms with Crippen molar-refractivity contribution in [1.82, 2.24) is 15.2 Å². The monoisotopic (exact) mass is 357 g/mol. The molecule has 0 bridgehead atoms. The molecule has 136 valence electrons. The molecule has 2 heterocycles. The fourth-order valence-corrected chi connectivity index (χ4v) is 2.85. The van der Waals surface area contributed by atoms with Gasteiger partial charge < -0.3 is 15.0 Å². The van der Waals surface area contributed by atoms with Crippen LogP contribution in [0.4, 0.5) is 4.39 Å². The van der Waals surface area contributed by atoms with E-state index in [9.17, 15) is 14.0 Å². The number of nitrogens with one attached hydrogen (secondary N) is 1. The van der Waals surface area contributed by atoms with Crippen molar-refractivity contribution in [1.29, 1.82) is 0 Å². The zero-order valence-corrected chi connectivity index (χ0v) is 14.2. The minimum atomic E-state index is -0.439. The van der Waals surface area contributed by atoms with Gasteiger partial charge in [-0.15, -0.1) is 0 Å². The summed E-state index contributed by atoms with van der Waals surface area (Å²) in [5, 5.41) is 2.74. The highest BCUT2D eigenvalue weighted by atomic mass is 19.1. The SMILES string of the molecule is O=C(NCCOc1ccccc1F)[C@@H]1CC(=O)N(Cc2cccnc2)C1. The normalized spacial score (nSPS) is 16.6. The molecule has 3 rings (SSSR count). The number of pyridine rings is 1. The minimum absolute atomic E-state index is 0.0448. The molecule has 0 radical (unpaired) electrons. The third-order valence-electron chi connectivity index (χ3n) is 4.18. The van der Waals surface area contributed by atoms with Crippen molar-refractivity contribution in [3.8, 4) is 5.75 Å². The number of ether oxygens (including phenoxy) is 1. The van der Waals surface area contributed by atoms with E-state index >= 15 is 0 Å². The van der Waals surface area contributed by atoms with E-state index in [1.165, 1.54) is 12.1 Å². The molecule has 1 fully saturated rings. The van der Waals surface area contributed by atoms with Crippen molar-refractivity contribution in [2.24, 2.45) is 5.92 Å². The molecule has 7 heteroatoms. The second-order valence-corrected chi connectivity index (χ2v) is 6.11. The molecule has 1 aromatic carbocycles. The molecule has 26 heavy (non-hydrogen) atoms. The molecule has 0 aliphatic carbocycles. The van der Waals surface area contributed by atoms with E-state index in [1.54, 1.807) is 29.4 Å². The maximum Gasteiger partial charge on any atom is 0.225 e. The van der Waals surface area contributed by atoms with Gasteiger partial charge in [0.1, 0.15) is 6.61 Å². The summed E-state index contributed by atoms with van der Waals surface area (Å²) < 4.78 is 18.7. The molecule has 0 unspecified atom stereocenters. The Kier molecular flexibility index (Phi) is 5.78. The summed E-state index contributed by atoms with van der Waals surface area (Å²) in [6.45, 7) is 1.24. The number of benzene rings is 1. The molecule has 1 saturated heterocycles. The average molecular weight is 357 g/mol. The van der Waals surface area contributed by atoms with Gasteiger partial charge in [0.15, 0.2) is 11.6 Å². The molecule has 2 aromatic rings. The number of rotatable bonds is 7. The summed E-state index contributed by atoms with van der Waals surface area (Å²) in [7, 11) is 0. The van der Waals surface area contributed by atoms with Crippen LogP contribution in [0, 0.1) is 11.7 Å². The average Bonchev–Trinajstić information content (AvgIpc) is 3.01. The molecule has 0 spiro atoms. The lowest BCUT2D eigenvalue weighted by Gasteiger charge is -2.16. The van der Waals surface area contributed by atoms with E-state index in [-0.39, 0.29) is 43.1 Å². The Morgan fingerprint density at radius 2 is 2.15 bits per heavy atom. The first-order valence-corrected chi connectivity index (χ1v) is 8.45. The summed E-state index contributed by atoms with van der Waals surface area (Å²) in [6.07, 6.45) is 3.58. The van der Waals surface area contributed by atoms with Crippen LogP contribution in [0.25, 0.3) is 0 Å². The third-order valence-corrected chi connectivity index (χ3v) is 4.18. The van der Waals surface area contributed by atoms with E-state index in [0.717, 1.165) is 5.56 Å². The molecule has 1 N–H and O–H groups in total. The molecule has 6 nitrogen and oxygen atoms in total. The van der Waals surface area contributed by atoms with Crippen LogP contribution in [0.5, 0.6) is 5.75 Å². The maximum absolute atomic E-state index is 13.4. The van der Waals surface area contributed by atoms with Gasteiger partial charge in [-0.1, -0.05) is 18.2 Å². The lowest BCUT2D eigenvalue weighted by atomic mass is 10.1. The molecular formula is C19H20FN3O3. The number of nitrogens with zero attached hydrogens (tertiary/aromatic N) is 2. The van der Waals surface area contributed by atoms with E-state index in [1.807, 2.05) is 12.1 Å². The molecule has 2 amide bonds. The predicted molar refractivity (Wildman–Crippen MR) is 92.7 cm³/mol. The second-order valence-electron chi connectivity index (χ2n) is 6.11. The second kappa shape index (κ2) is 8.42. The van der Waals surface area contributed by atoms with E-state index in [4.69, 9.17) is 4.74 Å². The maximum atomic E-state index is 13.4. The van der Waals surface area contributed by atoms with Crippen molar-refractivity contribution < 1.29 is 18.7 Å². The van der Waals surface area contributed by atoms with Gasteiger partial charge in [0.2, 0.25) is 11.8 Å². The lowest BCUT2D eigenvalue weighted by Crippen LogP contribution is -2.35. The summed E-state index contributed by atoms with van der Waals surface area (Å²) in [4.78, 5) is 30.0. The third kappa shape index (κ3) is 4.56. The number of para-hydroxylation sites is 1. The highest BCUT2D eigenvalue weighted by molar-refractivity contribution is 5.89. The Balaban J connectivity index is 1.42. The first kappa shape index (κ1) is 17.8. The van der Waals surface area contributed by atoms with Crippen LogP contribution < -0.4 is 10.1 Å². The largest absolute Gasteiger partial charge is 0.489 e. The number of carbonyl (C=O) groups excluding carboxylic acids is 2. The van der Waals surface area contributed by atoms with Crippen LogP contribution in [0.15, 0.2) is 48.8 Å². The Morgan fingerprint density at radius 3 is 2.92 bits per heavy atom. The number of halogens is 1. The fourth-order valence-electron chi connectivity index (χ4n) is 2.85. The zero-order valence-electron chi connectivity index (χ0n) is 14.2. The first-order valence-electron chi connectivity index (χ1n) is 8.45. The summed E-state index contributed by atoms with van der Waals surface area (Å²) in [5.41, 5.74) is 0.931. The molecule has 1 aromatic heterocycles. The van der Waals surface area contributed by atoms with Crippen molar-refractivity contribution in [2.75, 3.05) is 19.7 Å². The quantitative estimate of drug-likeness (QED) is 0.767. The van der Waals surface area contributed by atoms with Gasteiger partial charge >= 0.3 is 0 Å². The van der Waals surface area contributed by atoms with Gasteiger partial charge in [0.25, 0.3) is 0 Å². The molecule has 0 saturated carbocycles. The van der Waals surface area contributed by atoms with E-state index in [2.05, 4.69) is 10.3 Å². The summed E-state index contributed by atoms with van der Waals surface area (Å²) in [6, 6.07) is 9.82. The van der Waals surface area contributed by atoms with Crippen molar-refractivity contribution >= 4 is 11.8 Å². The number of aromatic nitrogens is 1. The van der Waals surface area contributed by atoms with Gasteiger partial charge in [-0.25, -0.2) is 4.39 Å². The van der Waals surface area contributed by atoms with Crippen LogP contribution in [0.3, 0.4) is 0 Å². The van der Waals surface area contributed by atoms with Gasteiger partial charge in [0.05, 0.1) is 12.5 Å². The first-order chi connectivity index (χ1) is 12.6. The van der Waals surface area contributed by atoms with Crippen LogP contribution in [-0.4, -0.2) is 41.4 Å². The summed E-state index contributed by atoms with van der Waals surface area (Å²) >= 11 is 0. The Bertz CT molecular complexity index is 770. The molecule has 1 aliphatic rings. The lowest BCUT2D eigenvalue weighted by molar-refractivity contribution is -0.129. The van der Waals surface area contributed by atoms with Gasteiger partial charge in [0, 0.05) is 31.9 Å². The van der Waals surface area contributed by atoms with E-state index in [0.29, 0.717) is 13.1 Å². The highest BCUT2D eigenvalue weighted by Gasteiger charge is 2.34. The topological polar surface area (TPSA) is 71.5 Å². The van der Waals surface area contributed by atoms with Crippen molar-refractivity contribution in [3.05, 3.63) is 60.2 Å². The molecule has 1 atom stereocenters. The van der Waals surface area contributed by atoms with Gasteiger partial charge in [-0.3, -0.25) is 14.6 Å². The highest BCUT2D eigenvalue weighted by Crippen LogP contribution is 2.20. The molecular weight excluding hydrogens is 337 g/mol. The van der Waals surface area contributed by atoms with Crippen LogP contribution >= 0.6 is 0 Å². The van der Waals surface area contributed by atoms with Crippen molar-refractivity contribution in [2.45, 2.75) is 13.0 Å². The van der Waals surface area contributed by atoms with Crippen LogP contribution in [0.1, 0.15) is 12.0 Å². The van der Waals surface area contributed by atoms with Gasteiger partial charge in [-0.05, 0) is 23.8 Å². The molecule has 1 aliphatic heterocycles. The number of carbonyl (C=O) groups is 2. The standard InChI is InChI=1S/C19H20FN3O3/c20-16-5-1-2-6-17(16)26-9-8-22-19(25)15-10-18(24)23(13-15)12-14-4-3-7-21-11-14/h1-7,11,15H,8-10,12-13H2,(H,22,25)/t15-/m1/s1.